The number of nitrogens with one attached hydrogen (secondary N) is 2. The van der Waals surface area contributed by atoms with Crippen molar-refractivity contribution in [3.05, 3.63) is 35.1 Å². The minimum absolute atomic E-state index is 0. The van der Waals surface area contributed by atoms with Crippen LogP contribution in [0.3, 0.4) is 0 Å². The summed E-state index contributed by atoms with van der Waals surface area (Å²) >= 11 is 1.67. The lowest BCUT2D eigenvalue weighted by atomic mass is 9.85. The molecule has 2 rings (SSSR count). The average molecular weight is 495 g/mol. The predicted octanol–water partition coefficient (Wildman–Crippen LogP) is 4.06. The first-order valence-corrected chi connectivity index (χ1v) is 10.5. The quantitative estimate of drug-likeness (QED) is 0.304. The molecule has 1 fully saturated rings. The second kappa shape index (κ2) is 12.0. The molecular formula is C19H31FIN3OS. The number of hydrogen-bond acceptors (Lipinski definition) is 3. The Morgan fingerprint density at radius 2 is 1.96 bits per heavy atom. The van der Waals surface area contributed by atoms with Crippen LogP contribution in [0.25, 0.3) is 0 Å². The monoisotopic (exact) mass is 495 g/mol. The molecule has 1 aromatic carbocycles. The van der Waals surface area contributed by atoms with E-state index in [4.69, 9.17) is 0 Å². The second-order valence-electron chi connectivity index (χ2n) is 6.68. The second-order valence-corrected chi connectivity index (χ2v) is 7.55. The number of nitrogens with zero attached hydrogens (tertiary/aromatic N) is 1. The average Bonchev–Trinajstić information content (AvgIpc) is 2.60. The largest absolute Gasteiger partial charge is 0.388 e. The number of aliphatic imine (C=N–C) groups is 1. The zero-order valence-corrected chi connectivity index (χ0v) is 18.8. The lowest BCUT2D eigenvalue weighted by Crippen LogP contribution is -2.48. The van der Waals surface area contributed by atoms with E-state index in [1.807, 2.05) is 19.2 Å². The Balaban J connectivity index is 0.00000338. The van der Waals surface area contributed by atoms with Gasteiger partial charge >= 0.3 is 0 Å². The Bertz CT molecular complexity index is 580. The summed E-state index contributed by atoms with van der Waals surface area (Å²) in [4.78, 5) is 4.62. The molecule has 7 heteroatoms. The molecule has 1 aliphatic rings. The van der Waals surface area contributed by atoms with Crippen LogP contribution in [0.4, 0.5) is 4.39 Å². The summed E-state index contributed by atoms with van der Waals surface area (Å²) in [6.45, 7) is 3.78. The summed E-state index contributed by atoms with van der Waals surface area (Å²) in [5.41, 5.74) is 1.39. The van der Waals surface area contributed by atoms with E-state index in [0.717, 1.165) is 49.1 Å². The third-order valence-electron chi connectivity index (χ3n) is 4.59. The van der Waals surface area contributed by atoms with E-state index in [0.29, 0.717) is 19.0 Å². The summed E-state index contributed by atoms with van der Waals surface area (Å²) in [5.74, 6) is 1.26. The van der Waals surface area contributed by atoms with Gasteiger partial charge in [-0.25, -0.2) is 9.38 Å². The van der Waals surface area contributed by atoms with Crippen LogP contribution in [0.2, 0.25) is 0 Å². The fraction of sp³-hybridized carbons (Fsp3) is 0.632. The van der Waals surface area contributed by atoms with Crippen LogP contribution in [-0.4, -0.2) is 36.0 Å². The molecule has 0 bridgehead atoms. The van der Waals surface area contributed by atoms with Crippen LogP contribution < -0.4 is 10.6 Å². The highest BCUT2D eigenvalue weighted by atomic mass is 127. The number of halogens is 2. The minimum atomic E-state index is -0.631. The molecule has 0 spiro atoms. The molecule has 3 N–H and O–H groups in total. The van der Waals surface area contributed by atoms with Crippen LogP contribution >= 0.6 is 35.7 Å². The highest BCUT2D eigenvalue weighted by molar-refractivity contribution is 14.0. The van der Waals surface area contributed by atoms with Crippen molar-refractivity contribution in [2.24, 2.45) is 4.99 Å². The van der Waals surface area contributed by atoms with Gasteiger partial charge in [0.25, 0.3) is 0 Å². The number of rotatable bonds is 7. The Kier molecular flexibility index (Phi) is 10.9. The van der Waals surface area contributed by atoms with Crippen LogP contribution in [0.5, 0.6) is 0 Å². The molecule has 0 amide bonds. The van der Waals surface area contributed by atoms with Gasteiger partial charge in [0.05, 0.1) is 12.1 Å². The molecule has 148 valence electrons. The Labute approximate surface area is 177 Å². The molecule has 4 nitrogen and oxygen atoms in total. The first-order valence-electron chi connectivity index (χ1n) is 9.07. The zero-order chi connectivity index (χ0) is 18.1. The lowest BCUT2D eigenvalue weighted by molar-refractivity contribution is 0.00859. The first-order chi connectivity index (χ1) is 12.1. The molecule has 0 atom stereocenters. The topological polar surface area (TPSA) is 56.7 Å². The number of aliphatic hydroxyl groups is 1. The van der Waals surface area contributed by atoms with Gasteiger partial charge in [-0.2, -0.15) is 11.8 Å². The molecule has 0 aliphatic heterocycles. The van der Waals surface area contributed by atoms with Gasteiger partial charge < -0.3 is 15.7 Å². The molecule has 1 saturated carbocycles. The van der Waals surface area contributed by atoms with Gasteiger partial charge in [-0.15, -0.1) is 24.0 Å². The highest BCUT2D eigenvalue weighted by Gasteiger charge is 2.29. The van der Waals surface area contributed by atoms with E-state index < -0.39 is 5.60 Å². The van der Waals surface area contributed by atoms with Crippen molar-refractivity contribution in [2.75, 3.05) is 19.3 Å². The molecule has 0 aromatic heterocycles. The number of guanidine groups is 1. The fourth-order valence-corrected chi connectivity index (χ4v) is 3.76. The Hall–Kier alpha value is -0.540. The van der Waals surface area contributed by atoms with E-state index in [1.54, 1.807) is 17.8 Å². The lowest BCUT2D eigenvalue weighted by Gasteiger charge is -2.32. The van der Waals surface area contributed by atoms with Gasteiger partial charge in [0.2, 0.25) is 0 Å². The maximum atomic E-state index is 13.5. The zero-order valence-electron chi connectivity index (χ0n) is 15.7. The van der Waals surface area contributed by atoms with E-state index >= 15 is 0 Å². The molecule has 1 aromatic rings. The smallest absolute Gasteiger partial charge is 0.191 e. The summed E-state index contributed by atoms with van der Waals surface area (Å²) in [6, 6.07) is 4.88. The molecule has 0 saturated heterocycles. The van der Waals surface area contributed by atoms with E-state index in [9.17, 15) is 9.50 Å². The van der Waals surface area contributed by atoms with E-state index in [1.165, 1.54) is 12.5 Å². The summed E-state index contributed by atoms with van der Waals surface area (Å²) in [6.07, 6.45) is 7.07. The molecule has 0 heterocycles. The van der Waals surface area contributed by atoms with Crippen LogP contribution in [0.15, 0.2) is 23.2 Å². The SMILES string of the molecule is CCNC(=NCc1ccc(F)cc1CSC)NCC1(O)CCCCC1.I. The number of thioether (sulfide) groups is 1. The number of hydrogen-bond donors (Lipinski definition) is 3. The summed E-state index contributed by atoms with van der Waals surface area (Å²) in [5, 5.41) is 17.1. The van der Waals surface area contributed by atoms with Gasteiger partial charge in [0.15, 0.2) is 5.96 Å². The van der Waals surface area contributed by atoms with Crippen LogP contribution in [-0.2, 0) is 12.3 Å². The Morgan fingerprint density at radius 1 is 1.23 bits per heavy atom. The number of benzene rings is 1. The van der Waals surface area contributed by atoms with Crippen molar-refractivity contribution in [2.45, 2.75) is 56.9 Å². The maximum absolute atomic E-state index is 13.5. The van der Waals surface area contributed by atoms with Crippen LogP contribution in [0.1, 0.15) is 50.2 Å². The van der Waals surface area contributed by atoms with Crippen molar-refractivity contribution >= 4 is 41.7 Å². The van der Waals surface area contributed by atoms with Crippen molar-refractivity contribution in [3.63, 3.8) is 0 Å². The van der Waals surface area contributed by atoms with Crippen molar-refractivity contribution in [1.29, 1.82) is 0 Å². The normalized spacial score (nSPS) is 16.7. The fourth-order valence-electron chi connectivity index (χ4n) is 3.18. The molecule has 0 radical (unpaired) electrons. The molecular weight excluding hydrogens is 464 g/mol. The standard InChI is InChI=1S/C19H30FN3OS.HI/c1-3-21-18(23-14-19(24)9-5-4-6-10-19)22-12-15-7-8-17(20)11-16(15)13-25-2;/h7-8,11,24H,3-6,9-10,12-14H2,1-2H3,(H2,21,22,23);1H. The third-order valence-corrected chi connectivity index (χ3v) is 5.19. The van der Waals surface area contributed by atoms with Gasteiger partial charge in [-0.3, -0.25) is 0 Å². The van der Waals surface area contributed by atoms with Crippen molar-refractivity contribution in [1.82, 2.24) is 10.6 Å². The van der Waals surface area contributed by atoms with Crippen LogP contribution in [0, 0.1) is 5.82 Å². The van der Waals surface area contributed by atoms with Gasteiger partial charge in [0.1, 0.15) is 5.82 Å². The van der Waals surface area contributed by atoms with Gasteiger partial charge in [0, 0.05) is 18.8 Å². The van der Waals surface area contributed by atoms with E-state index in [2.05, 4.69) is 15.6 Å². The third kappa shape index (κ3) is 7.60. The molecule has 1 aliphatic carbocycles. The first kappa shape index (κ1) is 23.5. The van der Waals surface area contributed by atoms with Crippen molar-refractivity contribution < 1.29 is 9.50 Å². The van der Waals surface area contributed by atoms with Crippen molar-refractivity contribution in [3.8, 4) is 0 Å². The van der Waals surface area contributed by atoms with Gasteiger partial charge in [-0.1, -0.05) is 25.3 Å². The van der Waals surface area contributed by atoms with E-state index in [-0.39, 0.29) is 29.8 Å². The predicted molar refractivity (Wildman–Crippen MR) is 120 cm³/mol. The Morgan fingerprint density at radius 3 is 2.62 bits per heavy atom. The highest BCUT2D eigenvalue weighted by Crippen LogP contribution is 2.27. The summed E-state index contributed by atoms with van der Waals surface area (Å²) < 4.78 is 13.5. The maximum Gasteiger partial charge on any atom is 0.191 e. The minimum Gasteiger partial charge on any atom is -0.388 e. The molecule has 0 unspecified atom stereocenters. The summed E-state index contributed by atoms with van der Waals surface area (Å²) in [7, 11) is 0. The molecule has 26 heavy (non-hydrogen) atoms. The van der Waals surface area contributed by atoms with Gasteiger partial charge in [-0.05, 0) is 49.3 Å².